The predicted molar refractivity (Wildman–Crippen MR) is 58.3 cm³/mol. The smallest absolute Gasteiger partial charge is 0.331 e. The lowest BCUT2D eigenvalue weighted by atomic mass is 9.87. The van der Waals surface area contributed by atoms with Crippen molar-refractivity contribution >= 4 is 5.97 Å². The summed E-state index contributed by atoms with van der Waals surface area (Å²) in [7, 11) is 0. The van der Waals surface area contributed by atoms with Crippen molar-refractivity contribution in [3.63, 3.8) is 0 Å². The zero-order valence-electron chi connectivity index (χ0n) is 8.99. The first kappa shape index (κ1) is 9.97. The van der Waals surface area contributed by atoms with Gasteiger partial charge in [0.25, 0.3) is 0 Å². The zero-order valence-corrected chi connectivity index (χ0v) is 8.99. The third kappa shape index (κ3) is 1.94. The molecule has 0 saturated heterocycles. The van der Waals surface area contributed by atoms with Gasteiger partial charge in [0, 0.05) is 12.5 Å². The molecule has 0 aromatic heterocycles. The second-order valence-corrected chi connectivity index (χ2v) is 4.19. The van der Waals surface area contributed by atoms with E-state index in [2.05, 4.69) is 0 Å². The molecule has 0 saturated carbocycles. The van der Waals surface area contributed by atoms with Crippen LogP contribution in [0, 0.1) is 0 Å². The lowest BCUT2D eigenvalue weighted by molar-refractivity contribution is -0.154. The van der Waals surface area contributed by atoms with Crippen LogP contribution < -0.4 is 0 Å². The normalized spacial score (nSPS) is 25.7. The molecule has 0 spiro atoms. The van der Waals surface area contributed by atoms with E-state index in [4.69, 9.17) is 4.74 Å². The largest absolute Gasteiger partial charge is 0.451 e. The second-order valence-electron chi connectivity index (χ2n) is 4.19. The molecule has 0 radical (unpaired) electrons. The minimum atomic E-state index is -0.503. The van der Waals surface area contributed by atoms with E-state index in [9.17, 15) is 4.79 Å². The highest BCUT2D eigenvalue weighted by molar-refractivity contribution is 5.84. The summed E-state index contributed by atoms with van der Waals surface area (Å²) in [4.78, 5) is 11.4. The van der Waals surface area contributed by atoms with Crippen molar-refractivity contribution in [2.45, 2.75) is 25.9 Å². The quantitative estimate of drug-likeness (QED) is 0.654. The molecule has 1 heterocycles. The van der Waals surface area contributed by atoms with Gasteiger partial charge >= 0.3 is 5.97 Å². The molecule has 2 rings (SSSR count). The highest BCUT2D eigenvalue weighted by atomic mass is 16.6. The van der Waals surface area contributed by atoms with Gasteiger partial charge < -0.3 is 4.74 Å². The number of hydrogen-bond acceptors (Lipinski definition) is 2. The maximum Gasteiger partial charge on any atom is 0.331 e. The lowest BCUT2D eigenvalue weighted by Crippen LogP contribution is -2.32. The summed E-state index contributed by atoms with van der Waals surface area (Å²) in [5.74, 6) is -0.245. The van der Waals surface area contributed by atoms with E-state index < -0.39 is 5.60 Å². The Hall–Kier alpha value is -1.57. The number of rotatable bonds is 1. The second kappa shape index (κ2) is 3.54. The van der Waals surface area contributed by atoms with Gasteiger partial charge in [-0.15, -0.1) is 0 Å². The van der Waals surface area contributed by atoms with Gasteiger partial charge in [-0.3, -0.25) is 0 Å². The van der Waals surface area contributed by atoms with Crippen molar-refractivity contribution in [3.8, 4) is 0 Å². The molecular formula is C13H14O2. The Morgan fingerprint density at radius 3 is 2.53 bits per heavy atom. The average molecular weight is 202 g/mol. The molecule has 0 N–H and O–H groups in total. The van der Waals surface area contributed by atoms with E-state index in [1.165, 1.54) is 0 Å². The molecule has 0 bridgehead atoms. The first-order valence-electron chi connectivity index (χ1n) is 5.06. The number of esters is 1. The van der Waals surface area contributed by atoms with Gasteiger partial charge in [-0.1, -0.05) is 35.9 Å². The Bertz CT molecular complexity index is 406. The summed E-state index contributed by atoms with van der Waals surface area (Å²) in [5, 5.41) is 0. The van der Waals surface area contributed by atoms with Crippen LogP contribution >= 0.6 is 0 Å². The van der Waals surface area contributed by atoms with Crippen molar-refractivity contribution in [2.75, 3.05) is 0 Å². The van der Waals surface area contributed by atoms with Gasteiger partial charge in [-0.2, -0.15) is 0 Å². The minimum Gasteiger partial charge on any atom is -0.451 e. The van der Waals surface area contributed by atoms with Crippen LogP contribution in [0.5, 0.6) is 0 Å². The summed E-state index contributed by atoms with van der Waals surface area (Å²) in [5.41, 5.74) is 1.61. The summed E-state index contributed by atoms with van der Waals surface area (Å²) in [6.07, 6.45) is 2.33. The lowest BCUT2D eigenvalue weighted by Gasteiger charge is -2.33. The summed E-state index contributed by atoms with van der Waals surface area (Å²) in [6, 6.07) is 9.86. The monoisotopic (exact) mass is 202 g/mol. The Labute approximate surface area is 89.6 Å². The molecule has 1 atom stereocenters. The molecule has 0 fully saturated rings. The Morgan fingerprint density at radius 2 is 1.93 bits per heavy atom. The van der Waals surface area contributed by atoms with Crippen LogP contribution in [0.1, 0.15) is 25.8 Å². The molecule has 1 aromatic carbocycles. The molecule has 1 unspecified atom stereocenters. The van der Waals surface area contributed by atoms with Crippen LogP contribution in [-0.4, -0.2) is 5.97 Å². The number of carbonyl (C=O) groups is 1. The Morgan fingerprint density at radius 1 is 1.27 bits per heavy atom. The average Bonchev–Trinajstić information content (AvgIpc) is 2.17. The van der Waals surface area contributed by atoms with E-state index >= 15 is 0 Å². The van der Waals surface area contributed by atoms with Crippen molar-refractivity contribution in [2.24, 2.45) is 0 Å². The van der Waals surface area contributed by atoms with Crippen molar-refractivity contribution in [3.05, 3.63) is 47.5 Å². The van der Waals surface area contributed by atoms with E-state index in [1.807, 2.05) is 44.2 Å². The summed E-state index contributed by atoms with van der Waals surface area (Å²) in [6.45, 7) is 3.92. The van der Waals surface area contributed by atoms with E-state index in [-0.39, 0.29) is 5.97 Å². The maximum absolute atomic E-state index is 11.4. The van der Waals surface area contributed by atoms with Gasteiger partial charge in [-0.05, 0) is 19.4 Å². The van der Waals surface area contributed by atoms with Gasteiger partial charge in [0.2, 0.25) is 0 Å². The van der Waals surface area contributed by atoms with Gasteiger partial charge in [-0.25, -0.2) is 4.79 Å². The third-order valence-corrected chi connectivity index (χ3v) is 2.69. The van der Waals surface area contributed by atoms with Crippen LogP contribution in [-0.2, 0) is 15.1 Å². The molecule has 1 aromatic rings. The van der Waals surface area contributed by atoms with Crippen LogP contribution in [0.25, 0.3) is 0 Å². The van der Waals surface area contributed by atoms with Crippen molar-refractivity contribution < 1.29 is 9.53 Å². The molecule has 1 aliphatic rings. The standard InChI is InChI=1S/C13H14O2/c1-10-8-12(14)15-13(2,9-10)11-6-4-3-5-7-11/h3-8H,9H2,1-2H3. The zero-order chi connectivity index (χ0) is 10.9. The number of carbonyl (C=O) groups excluding carboxylic acids is 1. The fourth-order valence-electron chi connectivity index (χ4n) is 2.02. The Balaban J connectivity index is 2.37. The van der Waals surface area contributed by atoms with Crippen LogP contribution in [0.4, 0.5) is 0 Å². The van der Waals surface area contributed by atoms with E-state index in [0.29, 0.717) is 0 Å². The molecule has 0 aliphatic carbocycles. The predicted octanol–water partition coefficient (Wildman–Crippen LogP) is 2.80. The van der Waals surface area contributed by atoms with Crippen LogP contribution in [0.15, 0.2) is 42.0 Å². The topological polar surface area (TPSA) is 26.3 Å². The van der Waals surface area contributed by atoms with E-state index in [0.717, 1.165) is 17.6 Å². The van der Waals surface area contributed by atoms with Gasteiger partial charge in [0.05, 0.1) is 0 Å². The third-order valence-electron chi connectivity index (χ3n) is 2.69. The van der Waals surface area contributed by atoms with Gasteiger partial charge in [0.1, 0.15) is 5.60 Å². The fraction of sp³-hybridized carbons (Fsp3) is 0.308. The molecular weight excluding hydrogens is 188 g/mol. The molecule has 15 heavy (non-hydrogen) atoms. The maximum atomic E-state index is 11.4. The molecule has 78 valence electrons. The highest BCUT2D eigenvalue weighted by Crippen LogP contribution is 2.35. The van der Waals surface area contributed by atoms with Crippen LogP contribution in [0.3, 0.4) is 0 Å². The molecule has 1 aliphatic heterocycles. The van der Waals surface area contributed by atoms with Crippen molar-refractivity contribution in [1.29, 1.82) is 0 Å². The summed E-state index contributed by atoms with van der Waals surface area (Å²) < 4.78 is 5.41. The minimum absolute atomic E-state index is 0.245. The number of benzene rings is 1. The summed E-state index contributed by atoms with van der Waals surface area (Å²) >= 11 is 0. The fourth-order valence-corrected chi connectivity index (χ4v) is 2.02. The first-order chi connectivity index (χ1) is 7.10. The SMILES string of the molecule is CC1=CC(=O)OC(C)(c2ccccc2)C1. The number of hydrogen-bond donors (Lipinski definition) is 0. The molecule has 0 amide bonds. The Kier molecular flexibility index (Phi) is 2.35. The van der Waals surface area contributed by atoms with Gasteiger partial charge in [0.15, 0.2) is 0 Å². The number of ether oxygens (including phenoxy) is 1. The molecule has 2 nitrogen and oxygen atoms in total. The van der Waals surface area contributed by atoms with Crippen molar-refractivity contribution in [1.82, 2.24) is 0 Å². The first-order valence-corrected chi connectivity index (χ1v) is 5.06. The van der Waals surface area contributed by atoms with Crippen LogP contribution in [0.2, 0.25) is 0 Å². The highest BCUT2D eigenvalue weighted by Gasteiger charge is 2.33. The molecule has 2 heteroatoms. The number of cyclic esters (lactones) is 1. The van der Waals surface area contributed by atoms with E-state index in [1.54, 1.807) is 6.08 Å².